The lowest BCUT2D eigenvalue weighted by atomic mass is 9.98. The summed E-state index contributed by atoms with van der Waals surface area (Å²) in [6.45, 7) is 2.02. The fourth-order valence-corrected chi connectivity index (χ4v) is 7.25. The predicted molar refractivity (Wildman–Crippen MR) is 205 cm³/mol. The number of rotatable bonds is 4. The van der Waals surface area contributed by atoms with E-state index in [1.807, 2.05) is 25.1 Å². The first kappa shape index (κ1) is 28.8. The Kier molecular flexibility index (Phi) is 6.87. The van der Waals surface area contributed by atoms with E-state index in [0.29, 0.717) is 0 Å². The third-order valence-corrected chi connectivity index (χ3v) is 9.51. The van der Waals surface area contributed by atoms with Gasteiger partial charge < -0.3 is 13.9 Å². The number of fused-ring (bicyclic) bond motifs is 5. The summed E-state index contributed by atoms with van der Waals surface area (Å²) in [5.41, 5.74) is 11.5. The zero-order valence-electron chi connectivity index (χ0n) is 27.3. The van der Waals surface area contributed by atoms with Gasteiger partial charge in [-0.2, -0.15) is 0 Å². The monoisotopic (exact) mass is 631 g/mol. The number of nitrogens with zero attached hydrogens (tertiary/aromatic N) is 3. The molecule has 234 valence electrons. The summed E-state index contributed by atoms with van der Waals surface area (Å²) >= 11 is 0. The summed E-state index contributed by atoms with van der Waals surface area (Å²) in [6, 6.07) is 51.3. The SMILES string of the molecule is C\C=C/C=c1/oc2c(-c3ccc4c(c3)c3ccccc3n4-c3ccccc3)cccc2/c1=C1\N=C(c2ccccc2)c2ccccc2N1C. The predicted octanol–water partition coefficient (Wildman–Crippen LogP) is 9.61. The lowest BCUT2D eigenvalue weighted by Gasteiger charge is -2.28. The minimum Gasteiger partial charge on any atom is -0.455 e. The molecule has 1 aliphatic heterocycles. The average Bonchev–Trinajstić information content (AvgIpc) is 3.70. The Hall–Kier alpha value is -6.39. The van der Waals surface area contributed by atoms with Crippen LogP contribution in [0.2, 0.25) is 0 Å². The molecule has 9 rings (SSSR count). The van der Waals surface area contributed by atoms with E-state index in [1.54, 1.807) is 0 Å². The van der Waals surface area contributed by atoms with Crippen molar-refractivity contribution in [1.29, 1.82) is 0 Å². The molecule has 4 heteroatoms. The third-order valence-electron chi connectivity index (χ3n) is 9.51. The zero-order valence-corrected chi connectivity index (χ0v) is 27.3. The number of anilines is 1. The molecule has 0 N–H and O–H groups in total. The van der Waals surface area contributed by atoms with Crippen LogP contribution in [0.5, 0.6) is 0 Å². The number of benzene rings is 6. The summed E-state index contributed by atoms with van der Waals surface area (Å²) in [4.78, 5) is 7.59. The molecule has 2 aromatic heterocycles. The molecule has 0 spiro atoms. The van der Waals surface area contributed by atoms with E-state index in [1.165, 1.54) is 21.8 Å². The van der Waals surface area contributed by atoms with Gasteiger partial charge in [0.2, 0.25) is 0 Å². The molecule has 4 nitrogen and oxygen atoms in total. The van der Waals surface area contributed by atoms with Crippen molar-refractivity contribution in [3.8, 4) is 16.8 Å². The highest BCUT2D eigenvalue weighted by Crippen LogP contribution is 2.37. The van der Waals surface area contributed by atoms with Crippen molar-refractivity contribution in [3.05, 3.63) is 180 Å². The van der Waals surface area contributed by atoms with Gasteiger partial charge in [-0.05, 0) is 55.0 Å². The van der Waals surface area contributed by atoms with Gasteiger partial charge in [0.1, 0.15) is 16.8 Å². The second-order valence-corrected chi connectivity index (χ2v) is 12.4. The molecule has 8 aromatic rings. The van der Waals surface area contributed by atoms with Crippen LogP contribution in [0.15, 0.2) is 167 Å². The molecule has 1 aliphatic rings. The van der Waals surface area contributed by atoms with Gasteiger partial charge in [0, 0.05) is 45.6 Å². The molecule has 0 atom stereocenters. The van der Waals surface area contributed by atoms with Crippen molar-refractivity contribution in [2.45, 2.75) is 6.92 Å². The number of furan rings is 1. The third kappa shape index (κ3) is 4.64. The molecule has 6 aromatic carbocycles. The van der Waals surface area contributed by atoms with Gasteiger partial charge in [0.25, 0.3) is 0 Å². The van der Waals surface area contributed by atoms with Crippen LogP contribution in [0.25, 0.3) is 61.5 Å². The minimum absolute atomic E-state index is 0.778. The van der Waals surface area contributed by atoms with Crippen molar-refractivity contribution >= 4 is 56.1 Å². The Balaban J connectivity index is 1.32. The van der Waals surface area contributed by atoms with Crippen LogP contribution in [-0.2, 0) is 0 Å². The van der Waals surface area contributed by atoms with Gasteiger partial charge in [-0.3, -0.25) is 0 Å². The van der Waals surface area contributed by atoms with Crippen LogP contribution in [0.4, 0.5) is 5.69 Å². The van der Waals surface area contributed by atoms with Crippen molar-refractivity contribution in [1.82, 2.24) is 4.57 Å². The molecule has 49 heavy (non-hydrogen) atoms. The molecule has 0 saturated carbocycles. The first-order valence-electron chi connectivity index (χ1n) is 16.7. The van der Waals surface area contributed by atoms with Gasteiger partial charge in [-0.15, -0.1) is 0 Å². The lowest BCUT2D eigenvalue weighted by Crippen LogP contribution is -2.33. The van der Waals surface area contributed by atoms with Crippen molar-refractivity contribution in [2.75, 3.05) is 11.9 Å². The maximum absolute atomic E-state index is 6.86. The van der Waals surface area contributed by atoms with Gasteiger partial charge in [-0.1, -0.05) is 121 Å². The Bertz CT molecular complexity index is 2730. The number of aromatic nitrogens is 1. The highest BCUT2D eigenvalue weighted by molar-refractivity contribution is 6.20. The molecule has 0 saturated heterocycles. The van der Waals surface area contributed by atoms with E-state index in [4.69, 9.17) is 9.41 Å². The zero-order chi connectivity index (χ0) is 32.9. The quantitative estimate of drug-likeness (QED) is 0.194. The molecule has 0 amide bonds. The van der Waals surface area contributed by atoms with Gasteiger partial charge in [-0.25, -0.2) is 4.99 Å². The fourth-order valence-electron chi connectivity index (χ4n) is 7.25. The largest absolute Gasteiger partial charge is 0.455 e. The highest BCUT2D eigenvalue weighted by atomic mass is 16.3. The molecule has 3 heterocycles. The minimum atomic E-state index is 0.778. The first-order valence-corrected chi connectivity index (χ1v) is 16.7. The van der Waals surface area contributed by atoms with Gasteiger partial charge in [0.15, 0.2) is 0 Å². The maximum atomic E-state index is 6.86. The van der Waals surface area contributed by atoms with Crippen molar-refractivity contribution in [3.63, 3.8) is 0 Å². The second kappa shape index (κ2) is 11.7. The number of hydrogen-bond acceptors (Lipinski definition) is 3. The van der Waals surface area contributed by atoms with E-state index in [-0.39, 0.29) is 0 Å². The molecule has 0 bridgehead atoms. The normalized spacial score (nSPS) is 14.7. The van der Waals surface area contributed by atoms with Crippen LogP contribution in [0.1, 0.15) is 18.1 Å². The van der Waals surface area contributed by atoms with Crippen molar-refractivity contribution < 1.29 is 4.42 Å². The Morgan fingerprint density at radius 1 is 0.612 bits per heavy atom. The summed E-state index contributed by atoms with van der Waals surface area (Å²) in [5.74, 6) is 0.852. The van der Waals surface area contributed by atoms with E-state index in [0.717, 1.165) is 66.8 Å². The molecule has 0 aliphatic carbocycles. The average molecular weight is 632 g/mol. The van der Waals surface area contributed by atoms with Gasteiger partial charge >= 0.3 is 0 Å². The number of hydrogen-bond donors (Lipinski definition) is 0. The van der Waals surface area contributed by atoms with Crippen LogP contribution in [0, 0.1) is 0 Å². The van der Waals surface area contributed by atoms with E-state index in [9.17, 15) is 0 Å². The molecule has 0 radical (unpaired) electrons. The summed E-state index contributed by atoms with van der Waals surface area (Å²) in [6.07, 6.45) is 6.11. The number of para-hydroxylation sites is 4. The summed E-state index contributed by atoms with van der Waals surface area (Å²) in [5, 5.41) is 4.43. The molecular weight excluding hydrogens is 599 g/mol. The Morgan fingerprint density at radius 2 is 1.31 bits per heavy atom. The summed E-state index contributed by atoms with van der Waals surface area (Å²) < 4.78 is 9.21. The smallest absolute Gasteiger partial charge is 0.145 e. The van der Waals surface area contributed by atoms with Gasteiger partial charge in [0.05, 0.1) is 27.7 Å². The van der Waals surface area contributed by atoms with E-state index in [2.05, 4.69) is 162 Å². The number of aliphatic imine (C=N–C) groups is 1. The summed E-state index contributed by atoms with van der Waals surface area (Å²) in [7, 11) is 2.10. The van der Waals surface area contributed by atoms with E-state index < -0.39 is 0 Å². The van der Waals surface area contributed by atoms with E-state index >= 15 is 0 Å². The highest BCUT2D eigenvalue weighted by Gasteiger charge is 2.25. The number of allylic oxidation sites excluding steroid dienone is 2. The molecule has 0 unspecified atom stereocenters. The Labute approximate surface area is 284 Å². The topological polar surface area (TPSA) is 33.7 Å². The van der Waals surface area contributed by atoms with Crippen LogP contribution in [0.3, 0.4) is 0 Å². The van der Waals surface area contributed by atoms with Crippen LogP contribution < -0.4 is 15.5 Å². The van der Waals surface area contributed by atoms with Crippen molar-refractivity contribution in [2.24, 2.45) is 4.99 Å². The molecule has 0 fully saturated rings. The standard InChI is InChI=1S/C45H33N3O/c1-3-4-26-41-42(45-46-43(30-16-7-5-8-17-30)35-21-12-13-24-38(35)47(45)2)36-23-15-22-33(44(36)49-41)31-27-28-40-37(29-31)34-20-11-14-25-39(34)48(40)32-18-9-6-10-19-32/h3-29H,1-2H3/b4-3-,41-26+,45-42-. The van der Waals surface area contributed by atoms with Crippen LogP contribution >= 0.6 is 0 Å². The second-order valence-electron chi connectivity index (χ2n) is 12.4. The van der Waals surface area contributed by atoms with Crippen LogP contribution in [-0.4, -0.2) is 17.3 Å². The fraction of sp³-hybridized carbons (Fsp3) is 0.0444. The molecular formula is C45H33N3O. The Morgan fingerprint density at radius 3 is 2.14 bits per heavy atom. The first-order chi connectivity index (χ1) is 24.2. The maximum Gasteiger partial charge on any atom is 0.145 e. The lowest BCUT2D eigenvalue weighted by molar-refractivity contribution is 0.576.